The SMILES string of the molecule is CN=C(NC)SC(C)N(C)C.Cl.Cl. The lowest BCUT2D eigenvalue weighted by molar-refractivity contribution is 0.403. The second-order valence-electron chi connectivity index (χ2n) is 2.46. The van der Waals surface area contributed by atoms with E-state index in [0.717, 1.165) is 5.17 Å². The van der Waals surface area contributed by atoms with E-state index in [0.29, 0.717) is 5.37 Å². The summed E-state index contributed by atoms with van der Waals surface area (Å²) in [7, 11) is 7.79. The molecule has 0 rings (SSSR count). The standard InChI is InChI=1S/C7H17N3S.2ClH/c1-6(10(4)5)11-7(8-2)9-3;;/h6H,1-5H3,(H,8,9);2*1H. The Bertz CT molecular complexity index is 142. The van der Waals surface area contributed by atoms with E-state index in [1.165, 1.54) is 0 Å². The van der Waals surface area contributed by atoms with Crippen LogP contribution in [0.15, 0.2) is 4.99 Å². The van der Waals surface area contributed by atoms with E-state index in [1.807, 2.05) is 7.05 Å². The Balaban J connectivity index is -0.000000500. The van der Waals surface area contributed by atoms with Gasteiger partial charge in [0.2, 0.25) is 0 Å². The predicted octanol–water partition coefficient (Wildman–Crippen LogP) is 1.68. The minimum atomic E-state index is 0. The van der Waals surface area contributed by atoms with Crippen molar-refractivity contribution in [1.82, 2.24) is 10.2 Å². The summed E-state index contributed by atoms with van der Waals surface area (Å²) in [6.07, 6.45) is 0. The van der Waals surface area contributed by atoms with Crippen LogP contribution >= 0.6 is 36.6 Å². The average molecular weight is 248 g/mol. The van der Waals surface area contributed by atoms with Gasteiger partial charge in [-0.25, -0.2) is 0 Å². The van der Waals surface area contributed by atoms with Crippen LogP contribution in [-0.4, -0.2) is 43.6 Å². The number of halogens is 2. The highest BCUT2D eigenvalue weighted by Crippen LogP contribution is 2.12. The highest BCUT2D eigenvalue weighted by Gasteiger charge is 2.07. The summed E-state index contributed by atoms with van der Waals surface area (Å²) in [5.74, 6) is 0. The van der Waals surface area contributed by atoms with Crippen molar-refractivity contribution in [2.45, 2.75) is 12.3 Å². The maximum atomic E-state index is 4.07. The van der Waals surface area contributed by atoms with E-state index < -0.39 is 0 Å². The van der Waals surface area contributed by atoms with Gasteiger partial charge in [-0.2, -0.15) is 0 Å². The number of rotatable bonds is 2. The van der Waals surface area contributed by atoms with Crippen molar-refractivity contribution in [1.29, 1.82) is 0 Å². The van der Waals surface area contributed by atoms with Gasteiger partial charge in [-0.05, 0) is 21.0 Å². The molecular weight excluding hydrogens is 229 g/mol. The molecule has 0 saturated carbocycles. The summed E-state index contributed by atoms with van der Waals surface area (Å²) in [5.41, 5.74) is 0. The maximum Gasteiger partial charge on any atom is 0.157 e. The Morgan fingerprint density at radius 1 is 1.38 bits per heavy atom. The Labute approximate surface area is 97.6 Å². The largest absolute Gasteiger partial charge is 0.368 e. The number of thioether (sulfide) groups is 1. The van der Waals surface area contributed by atoms with Crippen LogP contribution in [0.2, 0.25) is 0 Å². The van der Waals surface area contributed by atoms with E-state index in [1.54, 1.807) is 18.8 Å². The number of amidine groups is 1. The fourth-order valence-corrected chi connectivity index (χ4v) is 1.25. The molecule has 0 heterocycles. The first-order valence-corrected chi connectivity index (χ1v) is 4.47. The molecule has 1 unspecified atom stereocenters. The number of nitrogens with zero attached hydrogens (tertiary/aromatic N) is 2. The molecule has 13 heavy (non-hydrogen) atoms. The first-order chi connectivity index (χ1) is 5.11. The van der Waals surface area contributed by atoms with Crippen LogP contribution in [-0.2, 0) is 0 Å². The zero-order valence-electron chi connectivity index (χ0n) is 8.70. The lowest BCUT2D eigenvalue weighted by atomic mass is 10.7. The second kappa shape index (κ2) is 10.4. The van der Waals surface area contributed by atoms with Gasteiger partial charge in [0.05, 0.1) is 5.37 Å². The van der Waals surface area contributed by atoms with Gasteiger partial charge in [0.1, 0.15) is 0 Å². The molecular formula is C7H19Cl2N3S. The van der Waals surface area contributed by atoms with E-state index in [9.17, 15) is 0 Å². The third-order valence-corrected chi connectivity index (χ3v) is 2.80. The monoisotopic (exact) mass is 247 g/mol. The molecule has 0 aliphatic rings. The summed E-state index contributed by atoms with van der Waals surface area (Å²) >= 11 is 1.72. The first-order valence-electron chi connectivity index (χ1n) is 3.59. The minimum absolute atomic E-state index is 0. The molecule has 6 heteroatoms. The Morgan fingerprint density at radius 2 is 1.85 bits per heavy atom. The van der Waals surface area contributed by atoms with Gasteiger partial charge in [-0.1, -0.05) is 11.8 Å². The van der Waals surface area contributed by atoms with E-state index in [-0.39, 0.29) is 24.8 Å². The molecule has 0 aliphatic heterocycles. The quantitative estimate of drug-likeness (QED) is 0.457. The van der Waals surface area contributed by atoms with Crippen molar-refractivity contribution in [3.63, 3.8) is 0 Å². The molecule has 0 aromatic heterocycles. The molecule has 0 aromatic rings. The molecule has 3 nitrogen and oxygen atoms in total. The fourth-order valence-electron chi connectivity index (χ4n) is 0.490. The molecule has 1 N–H and O–H groups in total. The van der Waals surface area contributed by atoms with Crippen LogP contribution in [0.1, 0.15) is 6.92 Å². The van der Waals surface area contributed by atoms with Crippen molar-refractivity contribution in [3.05, 3.63) is 0 Å². The summed E-state index contributed by atoms with van der Waals surface area (Å²) < 4.78 is 0. The lowest BCUT2D eigenvalue weighted by Gasteiger charge is -2.19. The highest BCUT2D eigenvalue weighted by molar-refractivity contribution is 8.14. The zero-order chi connectivity index (χ0) is 8.85. The molecule has 0 amide bonds. The average Bonchev–Trinajstić information content (AvgIpc) is 1.99. The zero-order valence-corrected chi connectivity index (χ0v) is 11.1. The van der Waals surface area contributed by atoms with Crippen LogP contribution < -0.4 is 5.32 Å². The smallest absolute Gasteiger partial charge is 0.157 e. The summed E-state index contributed by atoms with van der Waals surface area (Å²) in [6.45, 7) is 2.15. The summed E-state index contributed by atoms with van der Waals surface area (Å²) in [4.78, 5) is 6.22. The molecule has 0 bridgehead atoms. The van der Waals surface area contributed by atoms with Crippen molar-refractivity contribution in [3.8, 4) is 0 Å². The molecule has 0 radical (unpaired) electrons. The molecule has 1 atom stereocenters. The normalized spacial score (nSPS) is 12.9. The first kappa shape index (κ1) is 19.0. The second-order valence-corrected chi connectivity index (χ2v) is 3.76. The number of aliphatic imine (C=N–C) groups is 1. The molecule has 0 spiro atoms. The van der Waals surface area contributed by atoms with Crippen LogP contribution in [0, 0.1) is 0 Å². The third kappa shape index (κ3) is 8.68. The van der Waals surface area contributed by atoms with Crippen LogP contribution in [0.5, 0.6) is 0 Å². The predicted molar refractivity (Wildman–Crippen MR) is 67.7 cm³/mol. The minimum Gasteiger partial charge on any atom is -0.368 e. The van der Waals surface area contributed by atoms with E-state index in [2.05, 4.69) is 36.2 Å². The van der Waals surface area contributed by atoms with Gasteiger partial charge < -0.3 is 5.32 Å². The van der Waals surface area contributed by atoms with Gasteiger partial charge >= 0.3 is 0 Å². The molecule has 0 aromatic carbocycles. The van der Waals surface area contributed by atoms with Crippen molar-refractivity contribution in [2.24, 2.45) is 4.99 Å². The Morgan fingerprint density at radius 3 is 2.08 bits per heavy atom. The number of nitrogens with one attached hydrogen (secondary N) is 1. The lowest BCUT2D eigenvalue weighted by Crippen LogP contribution is -2.26. The van der Waals surface area contributed by atoms with Gasteiger partial charge in [-0.3, -0.25) is 9.89 Å². The highest BCUT2D eigenvalue weighted by atomic mass is 35.5. The molecule has 0 aliphatic carbocycles. The summed E-state index contributed by atoms with van der Waals surface area (Å²) in [6, 6.07) is 0. The molecule has 82 valence electrons. The number of hydrogen-bond donors (Lipinski definition) is 1. The molecule has 0 saturated heterocycles. The van der Waals surface area contributed by atoms with Crippen molar-refractivity contribution >= 4 is 41.7 Å². The number of hydrogen-bond acceptors (Lipinski definition) is 3. The van der Waals surface area contributed by atoms with E-state index >= 15 is 0 Å². The third-order valence-electron chi connectivity index (χ3n) is 1.43. The van der Waals surface area contributed by atoms with Crippen LogP contribution in [0.3, 0.4) is 0 Å². The maximum absolute atomic E-state index is 4.07. The van der Waals surface area contributed by atoms with Gasteiger partial charge in [0.25, 0.3) is 0 Å². The summed E-state index contributed by atoms with van der Waals surface area (Å²) in [5, 5.41) is 4.46. The fraction of sp³-hybridized carbons (Fsp3) is 0.857. The van der Waals surface area contributed by atoms with Gasteiger partial charge in [0, 0.05) is 14.1 Å². The van der Waals surface area contributed by atoms with Crippen molar-refractivity contribution < 1.29 is 0 Å². The van der Waals surface area contributed by atoms with Crippen molar-refractivity contribution in [2.75, 3.05) is 28.2 Å². The van der Waals surface area contributed by atoms with Crippen LogP contribution in [0.4, 0.5) is 0 Å². The molecule has 0 fully saturated rings. The van der Waals surface area contributed by atoms with Gasteiger partial charge in [0.15, 0.2) is 5.17 Å². The van der Waals surface area contributed by atoms with E-state index in [4.69, 9.17) is 0 Å². The van der Waals surface area contributed by atoms with Crippen LogP contribution in [0.25, 0.3) is 0 Å². The Hall–Kier alpha value is 0.360. The Kier molecular flexibility index (Phi) is 15.3. The van der Waals surface area contributed by atoms with Gasteiger partial charge in [-0.15, -0.1) is 24.8 Å². The topological polar surface area (TPSA) is 27.6 Å².